The van der Waals surface area contributed by atoms with Gasteiger partial charge in [-0.1, -0.05) is 12.1 Å². The highest BCUT2D eigenvalue weighted by Gasteiger charge is 2.03. The molecule has 0 atom stereocenters. The molecule has 3 nitrogen and oxygen atoms in total. The number of rotatable bonds is 2. The predicted molar refractivity (Wildman–Crippen MR) is 57.6 cm³/mol. The van der Waals surface area contributed by atoms with Crippen LogP contribution in [0.5, 0.6) is 0 Å². The van der Waals surface area contributed by atoms with Gasteiger partial charge in [-0.25, -0.2) is 9.97 Å². The summed E-state index contributed by atoms with van der Waals surface area (Å²) in [4.78, 5) is 19.0. The molecule has 0 aliphatic carbocycles. The Bertz CT molecular complexity index is 480. The maximum Gasteiger partial charge on any atom is 0.159 e. The van der Waals surface area contributed by atoms with Crippen molar-refractivity contribution in [2.45, 2.75) is 6.92 Å². The van der Waals surface area contributed by atoms with Gasteiger partial charge in [0.1, 0.15) is 6.29 Å². The molecule has 1 heterocycles. The van der Waals surface area contributed by atoms with Gasteiger partial charge in [-0.05, 0) is 24.6 Å². The number of carbonyl (C=O) groups is 1. The summed E-state index contributed by atoms with van der Waals surface area (Å²) in [5.41, 5.74) is 2.51. The molecule has 0 N–H and O–H groups in total. The largest absolute Gasteiger partial charge is 0.298 e. The monoisotopic (exact) mass is 198 g/mol. The molecule has 0 bridgehead atoms. The first-order chi connectivity index (χ1) is 7.31. The normalized spacial score (nSPS) is 9.93. The number of hydrogen-bond acceptors (Lipinski definition) is 3. The molecule has 0 saturated heterocycles. The number of carbonyl (C=O) groups excluding carboxylic acids is 1. The molecular formula is C12H10N2O. The number of benzene rings is 1. The topological polar surface area (TPSA) is 42.9 Å². The lowest BCUT2D eigenvalue weighted by atomic mass is 10.1. The predicted octanol–water partition coefficient (Wildman–Crippen LogP) is 2.26. The molecule has 0 saturated carbocycles. The fourth-order valence-corrected chi connectivity index (χ4v) is 1.35. The Morgan fingerprint density at radius 3 is 2.60 bits per heavy atom. The molecule has 0 aliphatic rings. The Kier molecular flexibility index (Phi) is 2.54. The summed E-state index contributed by atoms with van der Waals surface area (Å²) in [7, 11) is 0. The van der Waals surface area contributed by atoms with Gasteiger partial charge in [-0.15, -0.1) is 0 Å². The first-order valence-electron chi connectivity index (χ1n) is 4.64. The van der Waals surface area contributed by atoms with Crippen molar-refractivity contribution in [1.29, 1.82) is 0 Å². The van der Waals surface area contributed by atoms with Crippen LogP contribution in [0, 0.1) is 6.92 Å². The summed E-state index contributed by atoms with van der Waals surface area (Å²) >= 11 is 0. The van der Waals surface area contributed by atoms with Crippen molar-refractivity contribution in [2.75, 3.05) is 0 Å². The summed E-state index contributed by atoms with van der Waals surface area (Å²) < 4.78 is 0. The zero-order valence-corrected chi connectivity index (χ0v) is 8.34. The molecule has 74 valence electrons. The molecule has 0 amide bonds. The van der Waals surface area contributed by atoms with E-state index in [9.17, 15) is 4.79 Å². The smallest absolute Gasteiger partial charge is 0.159 e. The third-order valence-electron chi connectivity index (χ3n) is 2.23. The van der Waals surface area contributed by atoms with E-state index in [1.54, 1.807) is 24.5 Å². The fraction of sp³-hybridized carbons (Fsp3) is 0.0833. The number of nitrogens with zero attached hydrogens (tertiary/aromatic N) is 2. The summed E-state index contributed by atoms with van der Waals surface area (Å²) in [5, 5.41) is 0. The molecule has 1 aromatic carbocycles. The molecule has 0 spiro atoms. The summed E-state index contributed by atoms with van der Waals surface area (Å²) in [6.07, 6.45) is 4.22. The summed E-state index contributed by atoms with van der Waals surface area (Å²) in [6, 6.07) is 7.38. The van der Waals surface area contributed by atoms with Crippen molar-refractivity contribution in [1.82, 2.24) is 9.97 Å². The second kappa shape index (κ2) is 4.00. The number of aldehydes is 1. The second-order valence-electron chi connectivity index (χ2n) is 3.26. The molecule has 0 fully saturated rings. The Labute approximate surface area is 87.8 Å². The Balaban J connectivity index is 2.51. The average Bonchev–Trinajstić information content (AvgIpc) is 2.31. The lowest BCUT2D eigenvalue weighted by Crippen LogP contribution is -1.91. The summed E-state index contributed by atoms with van der Waals surface area (Å²) in [6.45, 7) is 1.90. The lowest BCUT2D eigenvalue weighted by molar-refractivity contribution is 0.112. The van der Waals surface area contributed by atoms with Gasteiger partial charge in [0.05, 0.1) is 0 Å². The molecule has 0 aliphatic heterocycles. The standard InChI is InChI=1S/C12H10N2O/c1-9-3-4-10(7-11(9)8-15)12-13-5-2-6-14-12/h2-8H,1H3. The van der Waals surface area contributed by atoms with Gasteiger partial charge in [-0.3, -0.25) is 4.79 Å². The van der Waals surface area contributed by atoms with E-state index in [4.69, 9.17) is 0 Å². The van der Waals surface area contributed by atoms with Crippen LogP contribution in [0.25, 0.3) is 11.4 Å². The molecule has 15 heavy (non-hydrogen) atoms. The SMILES string of the molecule is Cc1ccc(-c2ncccn2)cc1C=O. The van der Waals surface area contributed by atoms with Crippen molar-refractivity contribution in [3.63, 3.8) is 0 Å². The molecular weight excluding hydrogens is 188 g/mol. The van der Waals surface area contributed by atoms with Crippen LogP contribution < -0.4 is 0 Å². The van der Waals surface area contributed by atoms with Crippen molar-refractivity contribution in [2.24, 2.45) is 0 Å². The first kappa shape index (κ1) is 9.52. The highest BCUT2D eigenvalue weighted by molar-refractivity contribution is 5.79. The third kappa shape index (κ3) is 1.91. The van der Waals surface area contributed by atoms with Gasteiger partial charge >= 0.3 is 0 Å². The Hall–Kier alpha value is -2.03. The van der Waals surface area contributed by atoms with E-state index in [0.717, 1.165) is 17.4 Å². The van der Waals surface area contributed by atoms with Gasteiger partial charge in [0.25, 0.3) is 0 Å². The molecule has 1 aromatic heterocycles. The Morgan fingerprint density at radius 1 is 1.20 bits per heavy atom. The molecule has 0 radical (unpaired) electrons. The highest BCUT2D eigenvalue weighted by atomic mass is 16.1. The maximum absolute atomic E-state index is 10.8. The molecule has 2 aromatic rings. The van der Waals surface area contributed by atoms with Crippen LogP contribution in [0.2, 0.25) is 0 Å². The molecule has 2 rings (SSSR count). The van der Waals surface area contributed by atoms with E-state index in [1.807, 2.05) is 19.1 Å². The molecule has 0 unspecified atom stereocenters. The van der Waals surface area contributed by atoms with Crippen LogP contribution in [-0.2, 0) is 0 Å². The Morgan fingerprint density at radius 2 is 1.93 bits per heavy atom. The van der Waals surface area contributed by atoms with E-state index in [1.165, 1.54) is 0 Å². The quantitative estimate of drug-likeness (QED) is 0.695. The lowest BCUT2D eigenvalue weighted by Gasteiger charge is -2.02. The van der Waals surface area contributed by atoms with Gasteiger partial charge < -0.3 is 0 Å². The fourth-order valence-electron chi connectivity index (χ4n) is 1.35. The molecule has 3 heteroatoms. The van der Waals surface area contributed by atoms with E-state index < -0.39 is 0 Å². The minimum atomic E-state index is 0.639. The third-order valence-corrected chi connectivity index (χ3v) is 2.23. The van der Waals surface area contributed by atoms with E-state index in [-0.39, 0.29) is 0 Å². The van der Waals surface area contributed by atoms with Crippen LogP contribution in [0.4, 0.5) is 0 Å². The van der Waals surface area contributed by atoms with Crippen LogP contribution in [0.15, 0.2) is 36.7 Å². The van der Waals surface area contributed by atoms with Gasteiger partial charge in [0.15, 0.2) is 5.82 Å². The maximum atomic E-state index is 10.8. The minimum Gasteiger partial charge on any atom is -0.298 e. The van der Waals surface area contributed by atoms with Gasteiger partial charge in [0, 0.05) is 23.5 Å². The van der Waals surface area contributed by atoms with Crippen molar-refractivity contribution >= 4 is 6.29 Å². The van der Waals surface area contributed by atoms with E-state index in [0.29, 0.717) is 11.4 Å². The minimum absolute atomic E-state index is 0.639. The summed E-state index contributed by atoms with van der Waals surface area (Å²) in [5.74, 6) is 0.639. The van der Waals surface area contributed by atoms with E-state index >= 15 is 0 Å². The first-order valence-corrected chi connectivity index (χ1v) is 4.64. The zero-order chi connectivity index (χ0) is 10.7. The number of aryl methyl sites for hydroxylation is 1. The zero-order valence-electron chi connectivity index (χ0n) is 8.34. The van der Waals surface area contributed by atoms with Gasteiger partial charge in [0.2, 0.25) is 0 Å². The van der Waals surface area contributed by atoms with Crippen LogP contribution in [0.1, 0.15) is 15.9 Å². The van der Waals surface area contributed by atoms with Gasteiger partial charge in [-0.2, -0.15) is 0 Å². The van der Waals surface area contributed by atoms with Crippen molar-refractivity contribution < 1.29 is 4.79 Å². The van der Waals surface area contributed by atoms with E-state index in [2.05, 4.69) is 9.97 Å². The van der Waals surface area contributed by atoms with Crippen LogP contribution in [-0.4, -0.2) is 16.3 Å². The average molecular weight is 198 g/mol. The van der Waals surface area contributed by atoms with Crippen molar-refractivity contribution in [3.8, 4) is 11.4 Å². The second-order valence-corrected chi connectivity index (χ2v) is 3.26. The number of hydrogen-bond donors (Lipinski definition) is 0. The van der Waals surface area contributed by atoms with Crippen molar-refractivity contribution in [3.05, 3.63) is 47.8 Å². The van der Waals surface area contributed by atoms with Crippen LogP contribution >= 0.6 is 0 Å². The van der Waals surface area contributed by atoms with Crippen LogP contribution in [0.3, 0.4) is 0 Å². The number of aromatic nitrogens is 2. The highest BCUT2D eigenvalue weighted by Crippen LogP contribution is 2.17.